The summed E-state index contributed by atoms with van der Waals surface area (Å²) in [6.07, 6.45) is 0.682. The molecule has 0 radical (unpaired) electrons. The molecule has 4 rings (SSSR count). The number of aryl methyl sites for hydroxylation is 1. The van der Waals surface area contributed by atoms with Gasteiger partial charge in [-0.2, -0.15) is 5.10 Å². The number of nitrogens with zero attached hydrogens (tertiary/aromatic N) is 3. The van der Waals surface area contributed by atoms with E-state index in [2.05, 4.69) is 10.4 Å². The van der Waals surface area contributed by atoms with Crippen LogP contribution in [-0.2, 0) is 11.2 Å². The first-order valence-corrected chi connectivity index (χ1v) is 9.43. The lowest BCUT2D eigenvalue weighted by Crippen LogP contribution is -2.27. The Labute approximate surface area is 171 Å². The molecule has 1 N–H and O–H groups in total. The van der Waals surface area contributed by atoms with Crippen LogP contribution < -0.4 is 15.6 Å². The van der Waals surface area contributed by atoms with Gasteiger partial charge in [0.15, 0.2) is 5.69 Å². The Hall–Kier alpha value is -3.81. The molecule has 2 aromatic carbocycles. The number of anilines is 2. The minimum Gasteiger partial charge on any atom is -0.320 e. The molecule has 0 saturated carbocycles. The van der Waals surface area contributed by atoms with E-state index in [0.29, 0.717) is 24.3 Å². The molecule has 8 heteroatoms. The summed E-state index contributed by atoms with van der Waals surface area (Å²) >= 11 is 0. The van der Waals surface area contributed by atoms with E-state index in [4.69, 9.17) is 0 Å². The molecule has 0 atom stereocenters. The summed E-state index contributed by atoms with van der Waals surface area (Å²) in [6, 6.07) is 12.5. The van der Waals surface area contributed by atoms with Crippen LogP contribution in [0.1, 0.15) is 28.7 Å². The number of benzene rings is 2. The SMILES string of the molecule is CC(=O)N1CCc2cc(NC(=O)c3nn(-c4ccccc4F)c(C)cc3=O)ccc21. The van der Waals surface area contributed by atoms with Gasteiger partial charge >= 0.3 is 0 Å². The zero-order valence-electron chi connectivity index (χ0n) is 16.5. The summed E-state index contributed by atoms with van der Waals surface area (Å²) in [7, 11) is 0. The van der Waals surface area contributed by atoms with Gasteiger partial charge in [0.1, 0.15) is 11.5 Å². The number of aromatic nitrogens is 2. The number of rotatable bonds is 3. The highest BCUT2D eigenvalue weighted by Gasteiger charge is 2.23. The smallest absolute Gasteiger partial charge is 0.280 e. The number of carbonyl (C=O) groups is 2. The van der Waals surface area contributed by atoms with Crippen molar-refractivity contribution >= 4 is 23.2 Å². The van der Waals surface area contributed by atoms with Crippen molar-refractivity contribution in [3.63, 3.8) is 0 Å². The lowest BCUT2D eigenvalue weighted by Gasteiger charge is -2.15. The van der Waals surface area contributed by atoms with Crippen molar-refractivity contribution < 1.29 is 14.0 Å². The second-order valence-electron chi connectivity index (χ2n) is 7.08. The van der Waals surface area contributed by atoms with Gasteiger partial charge in [0.2, 0.25) is 11.3 Å². The van der Waals surface area contributed by atoms with E-state index in [1.807, 2.05) is 0 Å². The standard InChI is InChI=1S/C22H19FN4O3/c1-13-11-20(29)21(25-27(13)19-6-4-3-5-17(19)23)22(30)24-16-7-8-18-15(12-16)9-10-26(18)14(2)28/h3-8,11-12H,9-10H2,1-2H3,(H,24,30). The molecule has 2 amide bonds. The van der Waals surface area contributed by atoms with Crippen molar-refractivity contribution in [2.45, 2.75) is 20.3 Å². The third kappa shape index (κ3) is 3.47. The molecule has 3 aromatic rings. The highest BCUT2D eigenvalue weighted by Crippen LogP contribution is 2.30. The normalized spacial score (nSPS) is 12.6. The fourth-order valence-corrected chi connectivity index (χ4v) is 3.57. The van der Waals surface area contributed by atoms with Crippen molar-refractivity contribution in [2.75, 3.05) is 16.8 Å². The maximum atomic E-state index is 14.2. The number of fused-ring (bicyclic) bond motifs is 1. The summed E-state index contributed by atoms with van der Waals surface area (Å²) in [6.45, 7) is 3.72. The van der Waals surface area contributed by atoms with Crippen LogP contribution in [0.25, 0.3) is 5.69 Å². The number of carbonyl (C=O) groups excluding carboxylic acids is 2. The van der Waals surface area contributed by atoms with Crippen molar-refractivity contribution in [3.8, 4) is 5.69 Å². The fourth-order valence-electron chi connectivity index (χ4n) is 3.57. The molecule has 1 aliphatic rings. The van der Waals surface area contributed by atoms with Crippen LogP contribution >= 0.6 is 0 Å². The van der Waals surface area contributed by atoms with Crippen LogP contribution in [0.4, 0.5) is 15.8 Å². The first-order chi connectivity index (χ1) is 14.3. The summed E-state index contributed by atoms with van der Waals surface area (Å²) in [5.41, 5.74) is 1.90. The van der Waals surface area contributed by atoms with Crippen LogP contribution in [0.5, 0.6) is 0 Å². The van der Waals surface area contributed by atoms with Gasteiger partial charge in [-0.15, -0.1) is 0 Å². The number of para-hydroxylation sites is 1. The summed E-state index contributed by atoms with van der Waals surface area (Å²) < 4.78 is 15.4. The molecular formula is C22H19FN4O3. The first-order valence-electron chi connectivity index (χ1n) is 9.43. The lowest BCUT2D eigenvalue weighted by atomic mass is 10.1. The van der Waals surface area contributed by atoms with E-state index in [1.165, 1.54) is 29.8 Å². The number of halogens is 1. The summed E-state index contributed by atoms with van der Waals surface area (Å²) in [4.78, 5) is 38.5. The molecule has 0 fully saturated rings. The predicted octanol–water partition coefficient (Wildman–Crippen LogP) is 2.84. The van der Waals surface area contributed by atoms with Crippen LogP contribution in [0, 0.1) is 12.7 Å². The van der Waals surface area contributed by atoms with E-state index in [1.54, 1.807) is 42.2 Å². The lowest BCUT2D eigenvalue weighted by molar-refractivity contribution is -0.116. The Morgan fingerprint density at radius 3 is 2.60 bits per heavy atom. The molecule has 0 saturated heterocycles. The van der Waals surface area contributed by atoms with Crippen molar-refractivity contribution in [1.29, 1.82) is 0 Å². The zero-order chi connectivity index (χ0) is 21.4. The van der Waals surface area contributed by atoms with Crippen LogP contribution in [-0.4, -0.2) is 28.1 Å². The van der Waals surface area contributed by atoms with Gasteiger partial charge in [-0.05, 0) is 49.2 Å². The van der Waals surface area contributed by atoms with Crippen LogP contribution in [0.15, 0.2) is 53.3 Å². The maximum absolute atomic E-state index is 14.2. The fraction of sp³-hybridized carbons (Fsp3) is 0.182. The van der Waals surface area contributed by atoms with Gasteiger partial charge in [0.25, 0.3) is 5.91 Å². The average molecular weight is 406 g/mol. The number of hydrogen-bond donors (Lipinski definition) is 1. The average Bonchev–Trinajstić information content (AvgIpc) is 3.12. The second-order valence-corrected chi connectivity index (χ2v) is 7.08. The van der Waals surface area contributed by atoms with Crippen LogP contribution in [0.2, 0.25) is 0 Å². The Kier molecular flexibility index (Phi) is 4.91. The predicted molar refractivity (Wildman–Crippen MR) is 111 cm³/mol. The summed E-state index contributed by atoms with van der Waals surface area (Å²) in [5.74, 6) is -1.24. The van der Waals surface area contributed by atoms with Gasteiger partial charge in [-0.1, -0.05) is 12.1 Å². The van der Waals surface area contributed by atoms with E-state index in [9.17, 15) is 18.8 Å². The highest BCUT2D eigenvalue weighted by atomic mass is 19.1. The van der Waals surface area contributed by atoms with E-state index < -0.39 is 17.2 Å². The Morgan fingerprint density at radius 1 is 1.10 bits per heavy atom. The third-order valence-electron chi connectivity index (χ3n) is 5.02. The largest absolute Gasteiger partial charge is 0.320 e. The molecule has 0 bridgehead atoms. The molecular weight excluding hydrogens is 387 g/mol. The molecule has 0 aliphatic carbocycles. The van der Waals surface area contributed by atoms with Crippen LogP contribution in [0.3, 0.4) is 0 Å². The first kappa shape index (κ1) is 19.5. The van der Waals surface area contributed by atoms with E-state index >= 15 is 0 Å². The van der Waals surface area contributed by atoms with Crippen molar-refractivity contribution in [3.05, 3.63) is 81.5 Å². The van der Waals surface area contributed by atoms with Crippen molar-refractivity contribution in [2.24, 2.45) is 0 Å². The molecule has 1 aliphatic heterocycles. The zero-order valence-corrected chi connectivity index (χ0v) is 16.5. The van der Waals surface area contributed by atoms with Gasteiger partial charge in [-0.25, -0.2) is 9.07 Å². The molecule has 7 nitrogen and oxygen atoms in total. The Morgan fingerprint density at radius 2 is 1.87 bits per heavy atom. The molecule has 1 aromatic heterocycles. The van der Waals surface area contributed by atoms with Gasteiger partial charge in [0.05, 0.1) is 0 Å². The monoisotopic (exact) mass is 406 g/mol. The number of hydrogen-bond acceptors (Lipinski definition) is 4. The number of nitrogens with one attached hydrogen (secondary N) is 1. The minimum absolute atomic E-state index is 0.0388. The number of amides is 2. The second kappa shape index (κ2) is 7.55. The van der Waals surface area contributed by atoms with Gasteiger partial charge < -0.3 is 10.2 Å². The summed E-state index contributed by atoms with van der Waals surface area (Å²) in [5, 5.41) is 6.78. The highest BCUT2D eigenvalue weighted by molar-refractivity contribution is 6.03. The van der Waals surface area contributed by atoms with Crippen molar-refractivity contribution in [1.82, 2.24) is 9.78 Å². The van der Waals surface area contributed by atoms with E-state index in [0.717, 1.165) is 11.3 Å². The minimum atomic E-state index is -0.688. The quantitative estimate of drug-likeness (QED) is 0.725. The van der Waals surface area contributed by atoms with Gasteiger partial charge in [-0.3, -0.25) is 14.4 Å². The molecule has 30 heavy (non-hydrogen) atoms. The van der Waals surface area contributed by atoms with Gasteiger partial charge in [0, 0.05) is 36.6 Å². The topological polar surface area (TPSA) is 84.3 Å². The Bertz CT molecular complexity index is 1240. The third-order valence-corrected chi connectivity index (χ3v) is 5.02. The molecule has 0 unspecified atom stereocenters. The maximum Gasteiger partial charge on any atom is 0.280 e. The van der Waals surface area contributed by atoms with E-state index in [-0.39, 0.29) is 17.3 Å². The Balaban J connectivity index is 1.65. The molecule has 152 valence electrons. The molecule has 2 heterocycles. The molecule has 0 spiro atoms.